The van der Waals surface area contributed by atoms with Crippen molar-refractivity contribution in [3.63, 3.8) is 0 Å². The van der Waals surface area contributed by atoms with Crippen molar-refractivity contribution in [2.75, 3.05) is 32.8 Å². The molecule has 1 amide bonds. The van der Waals surface area contributed by atoms with Gasteiger partial charge >= 0.3 is 0 Å². The lowest BCUT2D eigenvalue weighted by Gasteiger charge is -2.23. The Kier molecular flexibility index (Phi) is 7.16. The average Bonchev–Trinajstić information content (AvgIpc) is 2.56. The number of benzene rings is 1. The monoisotopic (exact) mass is 355 g/mol. The van der Waals surface area contributed by atoms with Gasteiger partial charge in [0.2, 0.25) is 15.9 Å². The van der Waals surface area contributed by atoms with E-state index in [1.54, 1.807) is 24.3 Å². The Bertz CT molecular complexity index is 625. The van der Waals surface area contributed by atoms with E-state index >= 15 is 0 Å². The van der Waals surface area contributed by atoms with Crippen LogP contribution in [0.2, 0.25) is 0 Å². The summed E-state index contributed by atoms with van der Waals surface area (Å²) in [5.41, 5.74) is 1.01. The lowest BCUT2D eigenvalue weighted by Crippen LogP contribution is -2.41. The maximum atomic E-state index is 12.1. The first-order valence-electron chi connectivity index (χ1n) is 8.13. The molecule has 1 saturated heterocycles. The third-order valence-electron chi connectivity index (χ3n) is 3.72. The van der Waals surface area contributed by atoms with E-state index in [0.29, 0.717) is 32.5 Å². The van der Waals surface area contributed by atoms with Crippen LogP contribution < -0.4 is 15.4 Å². The van der Waals surface area contributed by atoms with Crippen molar-refractivity contribution >= 4 is 15.9 Å². The second-order valence-corrected chi connectivity index (χ2v) is 7.58. The number of sulfonamides is 1. The van der Waals surface area contributed by atoms with Crippen LogP contribution in [0.15, 0.2) is 29.2 Å². The van der Waals surface area contributed by atoms with E-state index in [9.17, 15) is 13.2 Å². The summed E-state index contributed by atoms with van der Waals surface area (Å²) < 4.78 is 32.2. The Morgan fingerprint density at radius 1 is 1.29 bits per heavy atom. The highest BCUT2D eigenvalue weighted by atomic mass is 32.2. The first-order chi connectivity index (χ1) is 11.5. The van der Waals surface area contributed by atoms with E-state index < -0.39 is 10.0 Å². The molecule has 0 aliphatic carbocycles. The van der Waals surface area contributed by atoms with E-state index in [1.807, 2.05) is 6.92 Å². The molecule has 1 heterocycles. The zero-order chi connectivity index (χ0) is 17.4. The smallest absolute Gasteiger partial charge is 0.240 e. The fourth-order valence-electron chi connectivity index (χ4n) is 2.35. The predicted molar refractivity (Wildman–Crippen MR) is 91.2 cm³/mol. The Labute approximate surface area is 143 Å². The second-order valence-electron chi connectivity index (χ2n) is 5.82. The van der Waals surface area contributed by atoms with E-state index in [1.165, 1.54) is 0 Å². The summed E-state index contributed by atoms with van der Waals surface area (Å²) in [7, 11) is -3.49. The van der Waals surface area contributed by atoms with Gasteiger partial charge in [-0.1, -0.05) is 17.7 Å². The molecular weight excluding hydrogens is 330 g/mol. The molecule has 1 fully saturated rings. The summed E-state index contributed by atoms with van der Waals surface area (Å²) >= 11 is 0. The fourth-order valence-corrected chi connectivity index (χ4v) is 3.43. The molecule has 0 spiro atoms. The molecule has 8 heteroatoms. The van der Waals surface area contributed by atoms with Crippen molar-refractivity contribution in [1.29, 1.82) is 0 Å². The number of hydrogen-bond donors (Lipinski definition) is 3. The quantitative estimate of drug-likeness (QED) is 0.577. The van der Waals surface area contributed by atoms with Crippen LogP contribution in [0, 0.1) is 6.92 Å². The van der Waals surface area contributed by atoms with Crippen LogP contribution in [0.3, 0.4) is 0 Å². The summed E-state index contributed by atoms with van der Waals surface area (Å²) in [6.07, 6.45) is 0.765. The van der Waals surface area contributed by atoms with Gasteiger partial charge in [0.25, 0.3) is 0 Å². The molecule has 134 valence electrons. The minimum absolute atomic E-state index is 0.0786. The predicted octanol–water partition coefficient (Wildman–Crippen LogP) is 0.158. The van der Waals surface area contributed by atoms with Crippen LogP contribution in [0.5, 0.6) is 0 Å². The molecule has 0 bridgehead atoms. The van der Waals surface area contributed by atoms with Gasteiger partial charge in [0.15, 0.2) is 0 Å². The minimum Gasteiger partial charge on any atom is -0.375 e. The first kappa shape index (κ1) is 18.9. The van der Waals surface area contributed by atoms with Gasteiger partial charge in [-0.15, -0.1) is 0 Å². The number of aryl methyl sites for hydroxylation is 1. The molecule has 1 aromatic rings. The van der Waals surface area contributed by atoms with Gasteiger partial charge in [0.05, 0.1) is 24.0 Å². The number of morpholine rings is 1. The third-order valence-corrected chi connectivity index (χ3v) is 5.19. The zero-order valence-electron chi connectivity index (χ0n) is 13.9. The van der Waals surface area contributed by atoms with Crippen molar-refractivity contribution in [2.45, 2.75) is 30.8 Å². The molecule has 0 saturated carbocycles. The van der Waals surface area contributed by atoms with E-state index in [0.717, 1.165) is 12.1 Å². The van der Waals surface area contributed by atoms with Crippen molar-refractivity contribution < 1.29 is 17.9 Å². The van der Waals surface area contributed by atoms with E-state index in [4.69, 9.17) is 4.74 Å². The zero-order valence-corrected chi connectivity index (χ0v) is 14.7. The number of carbonyl (C=O) groups excluding carboxylic acids is 1. The Morgan fingerprint density at radius 3 is 2.71 bits per heavy atom. The lowest BCUT2D eigenvalue weighted by atomic mass is 10.2. The van der Waals surface area contributed by atoms with Crippen LogP contribution in [-0.4, -0.2) is 53.2 Å². The molecule has 0 radical (unpaired) electrons. The third kappa shape index (κ3) is 6.20. The average molecular weight is 355 g/mol. The van der Waals surface area contributed by atoms with Crippen molar-refractivity contribution in [3.8, 4) is 0 Å². The Morgan fingerprint density at radius 2 is 2.04 bits per heavy atom. The molecule has 0 aromatic heterocycles. The molecule has 1 atom stereocenters. The normalized spacial score (nSPS) is 18.3. The fraction of sp³-hybridized carbons (Fsp3) is 0.562. The topological polar surface area (TPSA) is 96.5 Å². The number of carbonyl (C=O) groups is 1. The second kappa shape index (κ2) is 9.12. The maximum Gasteiger partial charge on any atom is 0.240 e. The molecule has 24 heavy (non-hydrogen) atoms. The van der Waals surface area contributed by atoms with Crippen LogP contribution >= 0.6 is 0 Å². The highest BCUT2D eigenvalue weighted by molar-refractivity contribution is 7.89. The highest BCUT2D eigenvalue weighted by Gasteiger charge is 2.17. The number of rotatable bonds is 8. The molecule has 7 nitrogen and oxygen atoms in total. The van der Waals surface area contributed by atoms with Gasteiger partial charge in [0, 0.05) is 26.2 Å². The largest absolute Gasteiger partial charge is 0.375 e. The van der Waals surface area contributed by atoms with E-state index in [-0.39, 0.29) is 23.5 Å². The first-order valence-corrected chi connectivity index (χ1v) is 9.61. The Balaban J connectivity index is 1.63. The highest BCUT2D eigenvalue weighted by Crippen LogP contribution is 2.09. The van der Waals surface area contributed by atoms with Gasteiger partial charge in [0.1, 0.15) is 0 Å². The minimum atomic E-state index is -3.49. The SMILES string of the molecule is Cc1ccc(S(=O)(=O)NCCCNC(=O)C[C@@H]2CNCCO2)cc1. The lowest BCUT2D eigenvalue weighted by molar-refractivity contribution is -0.124. The van der Waals surface area contributed by atoms with Crippen molar-refractivity contribution in [1.82, 2.24) is 15.4 Å². The summed E-state index contributed by atoms with van der Waals surface area (Å²) in [6.45, 7) is 4.73. The summed E-state index contributed by atoms with van der Waals surface area (Å²) in [5.74, 6) is -0.0786. The molecule has 1 aromatic carbocycles. The van der Waals surface area contributed by atoms with Gasteiger partial charge < -0.3 is 15.4 Å². The molecule has 1 aliphatic rings. The van der Waals surface area contributed by atoms with Crippen LogP contribution in [0.25, 0.3) is 0 Å². The number of ether oxygens (including phenoxy) is 1. The molecule has 2 rings (SSSR count). The molecular formula is C16H25N3O4S. The van der Waals surface area contributed by atoms with Crippen LogP contribution in [0.4, 0.5) is 0 Å². The molecule has 3 N–H and O–H groups in total. The number of amides is 1. The van der Waals surface area contributed by atoms with E-state index in [2.05, 4.69) is 15.4 Å². The number of hydrogen-bond acceptors (Lipinski definition) is 5. The van der Waals surface area contributed by atoms with Gasteiger partial charge in [-0.3, -0.25) is 4.79 Å². The van der Waals surface area contributed by atoms with Crippen LogP contribution in [-0.2, 0) is 19.6 Å². The van der Waals surface area contributed by atoms with Crippen molar-refractivity contribution in [2.24, 2.45) is 0 Å². The molecule has 0 unspecified atom stereocenters. The van der Waals surface area contributed by atoms with Crippen LogP contribution in [0.1, 0.15) is 18.4 Å². The summed E-state index contributed by atoms with van der Waals surface area (Å²) in [6, 6.07) is 6.68. The standard InChI is InChI=1S/C16H25N3O4S/c1-13-3-5-15(6-4-13)24(21,22)19-8-2-7-18-16(20)11-14-12-17-9-10-23-14/h3-6,14,17,19H,2,7-12H2,1H3,(H,18,20)/t14-/m1/s1. The summed E-state index contributed by atoms with van der Waals surface area (Å²) in [5, 5.41) is 5.95. The molecule has 1 aliphatic heterocycles. The van der Waals surface area contributed by atoms with Crippen molar-refractivity contribution in [3.05, 3.63) is 29.8 Å². The number of nitrogens with one attached hydrogen (secondary N) is 3. The van der Waals surface area contributed by atoms with Gasteiger partial charge in [-0.05, 0) is 25.5 Å². The summed E-state index contributed by atoms with van der Waals surface area (Å²) in [4.78, 5) is 12.0. The van der Waals surface area contributed by atoms with Gasteiger partial charge in [-0.2, -0.15) is 0 Å². The maximum absolute atomic E-state index is 12.1. The Hall–Kier alpha value is -1.48. The van der Waals surface area contributed by atoms with Gasteiger partial charge in [-0.25, -0.2) is 13.1 Å².